The van der Waals surface area contributed by atoms with Crippen molar-refractivity contribution in [1.82, 2.24) is 0 Å². The number of hydrogen-bond donors (Lipinski definition) is 0. The molecule has 1 aromatic rings. The largest absolute Gasteiger partial charge is 0.0984 e. The molecular weight excluding hydrogens is 476 g/mol. The highest BCUT2D eigenvalue weighted by atomic mass is 79.9. The monoisotopic (exact) mass is 528 g/mol. The van der Waals surface area contributed by atoms with E-state index >= 15 is 0 Å². The lowest BCUT2D eigenvalue weighted by Gasteiger charge is -2.39. The van der Waals surface area contributed by atoms with Gasteiger partial charge < -0.3 is 0 Å². The van der Waals surface area contributed by atoms with Crippen molar-refractivity contribution >= 4 is 21.5 Å². The number of allylic oxidation sites excluding steroid dienone is 5. The molecule has 1 heteroatoms. The van der Waals surface area contributed by atoms with Gasteiger partial charge in [-0.05, 0) is 76.1 Å². The van der Waals surface area contributed by atoms with Crippen LogP contribution in [0.4, 0.5) is 0 Å². The van der Waals surface area contributed by atoms with Crippen LogP contribution in [0.3, 0.4) is 0 Å². The lowest BCUT2D eigenvalue weighted by molar-refractivity contribution is 0.305. The molecule has 2 unspecified atom stereocenters. The zero-order valence-electron chi connectivity index (χ0n) is 24.5. The highest BCUT2D eigenvalue weighted by molar-refractivity contribution is 9.08. The lowest BCUT2D eigenvalue weighted by Crippen LogP contribution is -2.32. The molecule has 0 heterocycles. The fraction of sp³-hybridized carbons (Fsp3) is 0.636. The highest BCUT2D eigenvalue weighted by Crippen LogP contribution is 2.55. The fourth-order valence-corrected chi connectivity index (χ4v) is 5.06. The summed E-state index contributed by atoms with van der Waals surface area (Å²) in [5.41, 5.74) is 9.07. The van der Waals surface area contributed by atoms with Crippen molar-refractivity contribution in [2.75, 3.05) is 5.83 Å². The Morgan fingerprint density at radius 2 is 1.47 bits per heavy atom. The second kappa shape index (κ2) is 12.2. The first kappa shape index (κ1) is 31.0. The van der Waals surface area contributed by atoms with Gasteiger partial charge in [0.05, 0.1) is 0 Å². The van der Waals surface area contributed by atoms with Crippen LogP contribution in [0.2, 0.25) is 0 Å². The van der Waals surface area contributed by atoms with E-state index in [-0.39, 0.29) is 16.2 Å². The Kier molecular flexibility index (Phi) is 11.1. The van der Waals surface area contributed by atoms with Crippen LogP contribution in [-0.2, 0) is 10.8 Å². The van der Waals surface area contributed by atoms with E-state index in [1.54, 1.807) is 5.56 Å². The van der Waals surface area contributed by atoms with E-state index in [4.69, 9.17) is 0 Å². The van der Waals surface area contributed by atoms with Crippen LogP contribution in [0.25, 0.3) is 5.57 Å². The highest BCUT2D eigenvalue weighted by Gasteiger charge is 2.45. The maximum Gasteiger partial charge on any atom is 0.0220 e. The van der Waals surface area contributed by atoms with Gasteiger partial charge >= 0.3 is 0 Å². The Balaban J connectivity index is 0.00000281. The van der Waals surface area contributed by atoms with Gasteiger partial charge in [0.25, 0.3) is 0 Å². The number of fused-ring (bicyclic) bond motifs is 1. The zero-order chi connectivity index (χ0) is 26.5. The number of rotatable bonds is 8. The smallest absolute Gasteiger partial charge is 0.0220 e. The SMILES string of the molecule is C=CC1=C(/C=C(\C)C(C)(C)C)C(CC(C)CC)(CC(C)CC)c2cc(C(C)(C)C)ccc21.CBr. The molecule has 2 rings (SSSR count). The molecule has 192 valence electrons. The second-order valence-electron chi connectivity index (χ2n) is 12.6. The van der Waals surface area contributed by atoms with Crippen molar-refractivity contribution < 1.29 is 0 Å². The first-order valence-electron chi connectivity index (χ1n) is 13.3. The quantitative estimate of drug-likeness (QED) is 0.294. The molecule has 0 aromatic heterocycles. The number of halogens is 1. The van der Waals surface area contributed by atoms with Gasteiger partial charge in [0.15, 0.2) is 0 Å². The van der Waals surface area contributed by atoms with Crippen LogP contribution in [0.5, 0.6) is 0 Å². The summed E-state index contributed by atoms with van der Waals surface area (Å²) < 4.78 is 0. The lowest BCUT2D eigenvalue weighted by atomic mass is 9.64. The Morgan fingerprint density at radius 3 is 1.85 bits per heavy atom. The van der Waals surface area contributed by atoms with Gasteiger partial charge in [-0.3, -0.25) is 0 Å². The minimum absolute atomic E-state index is 0.0531. The summed E-state index contributed by atoms with van der Waals surface area (Å²) in [5.74, 6) is 3.16. The Bertz CT molecular complexity index is 870. The van der Waals surface area contributed by atoms with Gasteiger partial charge in [-0.15, -0.1) is 0 Å². The number of benzene rings is 1. The molecule has 2 atom stereocenters. The maximum absolute atomic E-state index is 4.31. The van der Waals surface area contributed by atoms with Crippen molar-refractivity contribution in [2.45, 2.75) is 113 Å². The Labute approximate surface area is 221 Å². The predicted octanol–water partition coefficient (Wildman–Crippen LogP) is 11.1. The third-order valence-electron chi connectivity index (χ3n) is 8.03. The maximum atomic E-state index is 4.31. The van der Waals surface area contributed by atoms with E-state index in [0.717, 1.165) is 0 Å². The molecule has 0 radical (unpaired) electrons. The summed E-state index contributed by atoms with van der Waals surface area (Å²) in [6.07, 6.45) is 9.51. The topological polar surface area (TPSA) is 0 Å². The zero-order valence-corrected chi connectivity index (χ0v) is 26.0. The van der Waals surface area contributed by atoms with E-state index in [2.05, 4.69) is 129 Å². The van der Waals surface area contributed by atoms with Crippen LogP contribution in [0.1, 0.15) is 119 Å². The molecule has 1 aromatic carbocycles. The van der Waals surface area contributed by atoms with Crippen molar-refractivity contribution in [3.8, 4) is 0 Å². The van der Waals surface area contributed by atoms with Gasteiger partial charge in [-0.1, -0.05) is 141 Å². The van der Waals surface area contributed by atoms with Gasteiger partial charge in [-0.2, -0.15) is 0 Å². The second-order valence-corrected chi connectivity index (χ2v) is 12.6. The minimum Gasteiger partial charge on any atom is -0.0984 e. The molecular formula is C33H53Br. The molecule has 0 spiro atoms. The molecule has 0 saturated heterocycles. The molecule has 1 aliphatic rings. The van der Waals surface area contributed by atoms with Crippen LogP contribution >= 0.6 is 15.9 Å². The summed E-state index contributed by atoms with van der Waals surface area (Å²) in [6.45, 7) is 30.2. The predicted molar refractivity (Wildman–Crippen MR) is 160 cm³/mol. The van der Waals surface area contributed by atoms with Crippen LogP contribution in [-0.4, -0.2) is 5.83 Å². The van der Waals surface area contributed by atoms with E-state index in [1.807, 2.05) is 5.83 Å². The van der Waals surface area contributed by atoms with E-state index in [9.17, 15) is 0 Å². The van der Waals surface area contributed by atoms with Crippen molar-refractivity contribution in [3.05, 3.63) is 64.8 Å². The number of alkyl halides is 1. The summed E-state index contributed by atoms with van der Waals surface area (Å²) in [4.78, 5) is 0. The van der Waals surface area contributed by atoms with Gasteiger partial charge in [-0.25, -0.2) is 0 Å². The molecule has 0 bridgehead atoms. The molecule has 0 saturated carbocycles. The third kappa shape index (κ3) is 6.77. The van der Waals surface area contributed by atoms with E-state index in [1.165, 1.54) is 53.5 Å². The molecule has 0 N–H and O–H groups in total. The van der Waals surface area contributed by atoms with Crippen LogP contribution < -0.4 is 0 Å². The average molecular weight is 530 g/mol. The van der Waals surface area contributed by atoms with Gasteiger partial charge in [0.2, 0.25) is 0 Å². The van der Waals surface area contributed by atoms with Gasteiger partial charge in [0, 0.05) is 5.41 Å². The fourth-order valence-electron chi connectivity index (χ4n) is 5.06. The summed E-state index contributed by atoms with van der Waals surface area (Å²) >= 11 is 2.94. The summed E-state index contributed by atoms with van der Waals surface area (Å²) in [6, 6.07) is 7.29. The molecule has 0 nitrogen and oxygen atoms in total. The van der Waals surface area contributed by atoms with Crippen molar-refractivity contribution in [2.24, 2.45) is 17.3 Å². The summed E-state index contributed by atoms with van der Waals surface area (Å²) in [7, 11) is 0. The Morgan fingerprint density at radius 1 is 0.971 bits per heavy atom. The van der Waals surface area contributed by atoms with Crippen LogP contribution in [0, 0.1) is 17.3 Å². The van der Waals surface area contributed by atoms with E-state index < -0.39 is 0 Å². The number of hydrogen-bond acceptors (Lipinski definition) is 0. The summed E-state index contributed by atoms with van der Waals surface area (Å²) in [5, 5.41) is 0. The first-order valence-corrected chi connectivity index (χ1v) is 14.9. The average Bonchev–Trinajstić information content (AvgIpc) is 3.01. The normalized spacial score (nSPS) is 20.4. The third-order valence-corrected chi connectivity index (χ3v) is 8.03. The van der Waals surface area contributed by atoms with Crippen molar-refractivity contribution in [1.29, 1.82) is 0 Å². The molecule has 1 aliphatic carbocycles. The van der Waals surface area contributed by atoms with Crippen molar-refractivity contribution in [3.63, 3.8) is 0 Å². The minimum atomic E-state index is 0.0531. The standard InChI is InChI=1S/C32H50.CH3Br/c1-13-22(4)20-32(21-23(5)14-2)28(18-24(6)30(7,8)9)26(15-3)27-17-16-25(19-29(27)32)31(10,11)12;1-2/h15-19,22-23H,3,13-14,20-21H2,1-2,4-12H3;1H3/b24-18+;. The molecule has 0 aliphatic heterocycles. The van der Waals surface area contributed by atoms with Crippen LogP contribution in [0.15, 0.2) is 48.1 Å². The first-order chi connectivity index (χ1) is 15.7. The molecule has 0 fully saturated rings. The Hall–Kier alpha value is -1.08. The molecule has 34 heavy (non-hydrogen) atoms. The van der Waals surface area contributed by atoms with Gasteiger partial charge in [0.1, 0.15) is 0 Å². The molecule has 0 amide bonds. The van der Waals surface area contributed by atoms with E-state index in [0.29, 0.717) is 11.8 Å².